The lowest BCUT2D eigenvalue weighted by atomic mass is 9.99. The van der Waals surface area contributed by atoms with Crippen molar-refractivity contribution in [3.05, 3.63) is 69.7 Å². The highest BCUT2D eigenvalue weighted by Crippen LogP contribution is 2.32. The van der Waals surface area contributed by atoms with Crippen LogP contribution in [0.3, 0.4) is 0 Å². The summed E-state index contributed by atoms with van der Waals surface area (Å²) in [7, 11) is 0. The molecule has 1 atom stereocenters. The summed E-state index contributed by atoms with van der Waals surface area (Å²) in [5, 5.41) is 10.2. The Morgan fingerprint density at radius 3 is 2.44 bits per heavy atom. The van der Waals surface area contributed by atoms with Crippen LogP contribution in [0.4, 0.5) is 8.78 Å². The van der Waals surface area contributed by atoms with Gasteiger partial charge >= 0.3 is 0 Å². The number of aliphatic hydroxyl groups excluding tert-OH is 1. The molecule has 18 heavy (non-hydrogen) atoms. The first-order valence-electron chi connectivity index (χ1n) is 5.39. The van der Waals surface area contributed by atoms with Crippen LogP contribution < -0.4 is 0 Å². The van der Waals surface area contributed by atoms with E-state index in [1.807, 2.05) is 0 Å². The quantitative estimate of drug-likeness (QED) is 0.873. The minimum absolute atomic E-state index is 0.0157. The molecule has 0 bridgehead atoms. The van der Waals surface area contributed by atoms with Crippen molar-refractivity contribution >= 4 is 11.6 Å². The Morgan fingerprint density at radius 2 is 1.78 bits per heavy atom. The molecule has 0 aromatic heterocycles. The third kappa shape index (κ3) is 2.24. The summed E-state index contributed by atoms with van der Waals surface area (Å²) in [6, 6.07) is 8.66. The zero-order valence-electron chi connectivity index (χ0n) is 9.62. The van der Waals surface area contributed by atoms with Gasteiger partial charge in [0.2, 0.25) is 0 Å². The molecular weight excluding hydrogens is 258 g/mol. The van der Waals surface area contributed by atoms with Gasteiger partial charge in [0.15, 0.2) is 0 Å². The summed E-state index contributed by atoms with van der Waals surface area (Å²) in [4.78, 5) is 0. The van der Waals surface area contributed by atoms with Crippen LogP contribution in [-0.4, -0.2) is 5.11 Å². The Hall–Kier alpha value is -1.45. The van der Waals surface area contributed by atoms with Crippen molar-refractivity contribution in [3.8, 4) is 0 Å². The maximum atomic E-state index is 13.9. The molecule has 0 amide bonds. The number of aliphatic hydroxyl groups is 1. The van der Waals surface area contributed by atoms with Crippen molar-refractivity contribution in [2.75, 3.05) is 0 Å². The Kier molecular flexibility index (Phi) is 3.64. The lowest BCUT2D eigenvalue weighted by Gasteiger charge is -2.15. The molecule has 0 radical (unpaired) electrons. The van der Waals surface area contributed by atoms with Crippen LogP contribution in [0.2, 0.25) is 5.02 Å². The molecule has 1 nitrogen and oxygen atoms in total. The van der Waals surface area contributed by atoms with Crippen LogP contribution in [0.15, 0.2) is 36.4 Å². The first-order chi connectivity index (χ1) is 8.52. The molecule has 0 aliphatic carbocycles. The summed E-state index contributed by atoms with van der Waals surface area (Å²) in [6.07, 6.45) is -1.42. The van der Waals surface area contributed by atoms with Gasteiger partial charge in [-0.3, -0.25) is 0 Å². The molecule has 4 heteroatoms. The zero-order chi connectivity index (χ0) is 13.3. The Morgan fingerprint density at radius 1 is 1.11 bits per heavy atom. The van der Waals surface area contributed by atoms with E-state index in [1.54, 1.807) is 19.1 Å². The summed E-state index contributed by atoms with van der Waals surface area (Å²) < 4.78 is 27.5. The van der Waals surface area contributed by atoms with Crippen molar-refractivity contribution < 1.29 is 13.9 Å². The highest BCUT2D eigenvalue weighted by Gasteiger charge is 2.21. The molecule has 0 heterocycles. The van der Waals surface area contributed by atoms with E-state index in [9.17, 15) is 13.9 Å². The maximum absolute atomic E-state index is 13.9. The van der Waals surface area contributed by atoms with Crippen LogP contribution in [-0.2, 0) is 0 Å². The molecule has 2 rings (SSSR count). The number of halogens is 3. The molecule has 0 fully saturated rings. The van der Waals surface area contributed by atoms with E-state index in [1.165, 1.54) is 24.3 Å². The number of aryl methyl sites for hydroxylation is 1. The topological polar surface area (TPSA) is 20.2 Å². The first-order valence-corrected chi connectivity index (χ1v) is 5.77. The van der Waals surface area contributed by atoms with Gasteiger partial charge < -0.3 is 5.11 Å². The van der Waals surface area contributed by atoms with Gasteiger partial charge in [-0.2, -0.15) is 0 Å². The van der Waals surface area contributed by atoms with Crippen LogP contribution >= 0.6 is 11.6 Å². The van der Waals surface area contributed by atoms with Gasteiger partial charge in [-0.1, -0.05) is 35.9 Å². The summed E-state index contributed by atoms with van der Waals surface area (Å²) in [5.74, 6) is -1.21. The Labute approximate surface area is 109 Å². The van der Waals surface area contributed by atoms with Crippen molar-refractivity contribution in [2.24, 2.45) is 0 Å². The van der Waals surface area contributed by atoms with Gasteiger partial charge in [-0.25, -0.2) is 8.78 Å². The van der Waals surface area contributed by atoms with Crippen LogP contribution in [0.5, 0.6) is 0 Å². The third-order valence-corrected chi connectivity index (χ3v) is 3.12. The largest absolute Gasteiger partial charge is 0.383 e. The van der Waals surface area contributed by atoms with Gasteiger partial charge in [-0.15, -0.1) is 0 Å². The van der Waals surface area contributed by atoms with Crippen LogP contribution in [0.1, 0.15) is 22.8 Å². The second-order valence-electron chi connectivity index (χ2n) is 4.02. The fourth-order valence-electron chi connectivity index (χ4n) is 1.81. The molecule has 2 aromatic rings. The average Bonchev–Trinajstić information content (AvgIpc) is 2.32. The predicted molar refractivity (Wildman–Crippen MR) is 66.6 cm³/mol. The lowest BCUT2D eigenvalue weighted by molar-refractivity contribution is 0.209. The molecule has 1 N–H and O–H groups in total. The molecule has 0 saturated carbocycles. The van der Waals surface area contributed by atoms with E-state index in [2.05, 4.69) is 0 Å². The number of rotatable bonds is 2. The number of hydrogen-bond donors (Lipinski definition) is 1. The molecule has 0 aliphatic heterocycles. The minimum atomic E-state index is -1.42. The Bertz CT molecular complexity index is 564. The SMILES string of the molecule is Cc1cccc(C(O)c2c(F)cccc2Cl)c1F. The van der Waals surface area contributed by atoms with Crippen molar-refractivity contribution in [3.63, 3.8) is 0 Å². The normalized spacial score (nSPS) is 12.5. The van der Waals surface area contributed by atoms with E-state index < -0.39 is 17.7 Å². The van der Waals surface area contributed by atoms with E-state index in [0.29, 0.717) is 5.56 Å². The van der Waals surface area contributed by atoms with Gasteiger partial charge in [0, 0.05) is 16.1 Å². The summed E-state index contributed by atoms with van der Waals surface area (Å²) >= 11 is 5.84. The second kappa shape index (κ2) is 5.04. The van der Waals surface area contributed by atoms with E-state index in [0.717, 1.165) is 0 Å². The zero-order valence-corrected chi connectivity index (χ0v) is 10.4. The van der Waals surface area contributed by atoms with Gasteiger partial charge in [0.25, 0.3) is 0 Å². The molecule has 1 unspecified atom stereocenters. The molecule has 0 aliphatic rings. The Balaban J connectivity index is 2.55. The van der Waals surface area contributed by atoms with Crippen molar-refractivity contribution in [2.45, 2.75) is 13.0 Å². The molecule has 0 spiro atoms. The van der Waals surface area contributed by atoms with Crippen molar-refractivity contribution in [1.29, 1.82) is 0 Å². The van der Waals surface area contributed by atoms with Gasteiger partial charge in [0.05, 0.1) is 0 Å². The van der Waals surface area contributed by atoms with E-state index in [-0.39, 0.29) is 16.1 Å². The fourth-order valence-corrected chi connectivity index (χ4v) is 2.08. The first kappa shape index (κ1) is 13.0. The molecule has 0 saturated heterocycles. The lowest BCUT2D eigenvalue weighted by Crippen LogP contribution is -2.06. The van der Waals surface area contributed by atoms with E-state index in [4.69, 9.17) is 11.6 Å². The van der Waals surface area contributed by atoms with Crippen LogP contribution in [0.25, 0.3) is 0 Å². The monoisotopic (exact) mass is 268 g/mol. The highest BCUT2D eigenvalue weighted by molar-refractivity contribution is 6.31. The molecule has 2 aromatic carbocycles. The average molecular weight is 269 g/mol. The minimum Gasteiger partial charge on any atom is -0.383 e. The summed E-state index contributed by atoms with van der Waals surface area (Å²) in [6.45, 7) is 1.58. The fraction of sp³-hybridized carbons (Fsp3) is 0.143. The molecular formula is C14H11ClF2O. The van der Waals surface area contributed by atoms with Crippen LogP contribution in [0, 0.1) is 18.6 Å². The predicted octanol–water partition coefficient (Wildman–Crippen LogP) is 4.01. The summed E-state index contributed by atoms with van der Waals surface area (Å²) in [5.41, 5.74) is 0.296. The van der Waals surface area contributed by atoms with E-state index >= 15 is 0 Å². The van der Waals surface area contributed by atoms with Crippen molar-refractivity contribution in [1.82, 2.24) is 0 Å². The smallest absolute Gasteiger partial charge is 0.132 e. The van der Waals surface area contributed by atoms with Gasteiger partial charge in [0.1, 0.15) is 17.7 Å². The number of hydrogen-bond acceptors (Lipinski definition) is 1. The standard InChI is InChI=1S/C14H11ClF2O/c1-8-4-2-5-9(13(8)17)14(18)12-10(15)6-3-7-11(12)16/h2-7,14,18H,1H3. The maximum Gasteiger partial charge on any atom is 0.132 e. The second-order valence-corrected chi connectivity index (χ2v) is 4.42. The molecule has 94 valence electrons. The third-order valence-electron chi connectivity index (χ3n) is 2.79. The highest BCUT2D eigenvalue weighted by atomic mass is 35.5. The van der Waals surface area contributed by atoms with Gasteiger partial charge in [-0.05, 0) is 24.6 Å². The number of benzene rings is 2.